The fraction of sp³-hybridized carbons (Fsp3) is 0.600. The van der Waals surface area contributed by atoms with Crippen molar-refractivity contribution in [2.45, 2.75) is 31.8 Å². The molecule has 1 saturated heterocycles. The molecule has 0 amide bonds. The van der Waals surface area contributed by atoms with E-state index in [4.69, 9.17) is 8.94 Å². The average Bonchev–Trinajstić information content (AvgIpc) is 3.03. The van der Waals surface area contributed by atoms with Crippen LogP contribution in [-0.4, -0.2) is 46.1 Å². The fourth-order valence-electron chi connectivity index (χ4n) is 2.80. The number of aromatic nitrogens is 2. The van der Waals surface area contributed by atoms with Gasteiger partial charge < -0.3 is 8.94 Å². The molecule has 2 aromatic heterocycles. The summed E-state index contributed by atoms with van der Waals surface area (Å²) in [6.07, 6.45) is 6.06. The van der Waals surface area contributed by atoms with Crippen LogP contribution in [0.2, 0.25) is 0 Å². The molecule has 0 N–H and O–H groups in total. The molecule has 1 aliphatic heterocycles. The molecule has 2 fully saturated rings. The summed E-state index contributed by atoms with van der Waals surface area (Å²) in [5.74, 6) is 2.59. The van der Waals surface area contributed by atoms with Gasteiger partial charge in [0.25, 0.3) is 0 Å². The molecule has 1 saturated carbocycles. The van der Waals surface area contributed by atoms with E-state index in [0.717, 1.165) is 56.6 Å². The van der Waals surface area contributed by atoms with E-state index in [-0.39, 0.29) is 0 Å². The highest BCUT2D eigenvalue weighted by molar-refractivity contribution is 5.08. The molecule has 4 rings (SSSR count). The molecule has 21 heavy (non-hydrogen) atoms. The first-order chi connectivity index (χ1) is 10.4. The third kappa shape index (κ3) is 3.16. The molecule has 0 radical (unpaired) electrons. The summed E-state index contributed by atoms with van der Waals surface area (Å²) in [5, 5.41) is 3.97. The van der Waals surface area contributed by atoms with E-state index in [2.05, 4.69) is 19.9 Å². The Hall–Kier alpha value is -1.66. The molecule has 6 nitrogen and oxygen atoms in total. The van der Waals surface area contributed by atoms with Crippen LogP contribution >= 0.6 is 0 Å². The molecule has 1 aliphatic carbocycles. The molecule has 2 aliphatic rings. The summed E-state index contributed by atoms with van der Waals surface area (Å²) in [4.78, 5) is 9.21. The molecule has 0 bridgehead atoms. The number of hydrogen-bond donors (Lipinski definition) is 0. The Morgan fingerprint density at radius 3 is 2.52 bits per heavy atom. The van der Waals surface area contributed by atoms with E-state index >= 15 is 0 Å². The lowest BCUT2D eigenvalue weighted by Crippen LogP contribution is -2.45. The van der Waals surface area contributed by atoms with Gasteiger partial charge in [0.15, 0.2) is 0 Å². The summed E-state index contributed by atoms with van der Waals surface area (Å²) in [7, 11) is 0. The Kier molecular flexibility index (Phi) is 3.48. The predicted molar refractivity (Wildman–Crippen MR) is 75.5 cm³/mol. The van der Waals surface area contributed by atoms with Crippen molar-refractivity contribution in [1.29, 1.82) is 0 Å². The van der Waals surface area contributed by atoms with Crippen molar-refractivity contribution in [3.8, 4) is 0 Å². The van der Waals surface area contributed by atoms with Crippen LogP contribution in [0.3, 0.4) is 0 Å². The maximum Gasteiger partial charge on any atom is 0.208 e. The molecular formula is C15H20N4O2. The minimum absolute atomic E-state index is 0.644. The van der Waals surface area contributed by atoms with E-state index < -0.39 is 0 Å². The molecule has 0 spiro atoms. The van der Waals surface area contributed by atoms with Gasteiger partial charge in [-0.05, 0) is 12.8 Å². The quantitative estimate of drug-likeness (QED) is 0.837. The second kappa shape index (κ2) is 5.61. The monoisotopic (exact) mass is 288 g/mol. The summed E-state index contributed by atoms with van der Waals surface area (Å²) in [6.45, 7) is 5.86. The lowest BCUT2D eigenvalue weighted by atomic mass is 10.3. The predicted octanol–water partition coefficient (Wildman–Crippen LogP) is 1.86. The number of nitrogens with zero attached hydrogens (tertiary/aromatic N) is 4. The van der Waals surface area contributed by atoms with Crippen molar-refractivity contribution in [2.75, 3.05) is 26.2 Å². The molecule has 2 aromatic rings. The smallest absolute Gasteiger partial charge is 0.208 e. The number of hydrogen-bond acceptors (Lipinski definition) is 6. The van der Waals surface area contributed by atoms with Crippen molar-refractivity contribution in [3.63, 3.8) is 0 Å². The van der Waals surface area contributed by atoms with Gasteiger partial charge in [0.05, 0.1) is 18.4 Å². The van der Waals surface area contributed by atoms with Crippen molar-refractivity contribution in [1.82, 2.24) is 19.9 Å². The summed E-state index contributed by atoms with van der Waals surface area (Å²) in [6, 6.07) is 1.93. The Labute approximate surface area is 123 Å². The van der Waals surface area contributed by atoms with Crippen LogP contribution in [0, 0.1) is 0 Å². The molecule has 0 unspecified atom stereocenters. The summed E-state index contributed by atoms with van der Waals surface area (Å²) < 4.78 is 10.7. The molecule has 3 heterocycles. The minimum Gasteiger partial charge on any atom is -0.444 e. The Balaban J connectivity index is 1.26. The number of rotatable bonds is 5. The Morgan fingerprint density at radius 2 is 1.86 bits per heavy atom. The summed E-state index contributed by atoms with van der Waals surface area (Å²) in [5.41, 5.74) is 1.00. The molecular weight excluding hydrogens is 268 g/mol. The third-order valence-corrected chi connectivity index (χ3v) is 4.25. The van der Waals surface area contributed by atoms with E-state index in [1.807, 2.05) is 12.3 Å². The van der Waals surface area contributed by atoms with Crippen molar-refractivity contribution < 1.29 is 8.94 Å². The van der Waals surface area contributed by atoms with Crippen LogP contribution in [-0.2, 0) is 13.1 Å². The number of piperazine rings is 1. The standard InChI is InChI=1S/C15H20N4O2/c1-2-12(1)14-9-16-15(21-14)11-19-6-4-18(5-7-19)10-13-3-8-20-17-13/h3,8-9,12H,1-2,4-7,10-11H2. The second-order valence-corrected chi connectivity index (χ2v) is 5.97. The van der Waals surface area contributed by atoms with Gasteiger partial charge in [0.1, 0.15) is 12.0 Å². The maximum absolute atomic E-state index is 5.83. The first-order valence-corrected chi connectivity index (χ1v) is 7.65. The topological polar surface area (TPSA) is 58.5 Å². The average molecular weight is 288 g/mol. The minimum atomic E-state index is 0.644. The Bertz CT molecular complexity index is 568. The van der Waals surface area contributed by atoms with E-state index in [9.17, 15) is 0 Å². The van der Waals surface area contributed by atoms with Crippen LogP contribution in [0.1, 0.15) is 36.1 Å². The Morgan fingerprint density at radius 1 is 1.10 bits per heavy atom. The SMILES string of the molecule is c1cc(CN2CCN(Cc3ncc(C4CC4)o3)CC2)no1. The lowest BCUT2D eigenvalue weighted by molar-refractivity contribution is 0.112. The van der Waals surface area contributed by atoms with Gasteiger partial charge in [-0.2, -0.15) is 0 Å². The van der Waals surface area contributed by atoms with E-state index in [0.29, 0.717) is 5.92 Å². The van der Waals surface area contributed by atoms with Crippen molar-refractivity contribution in [3.05, 3.63) is 35.9 Å². The zero-order valence-corrected chi connectivity index (χ0v) is 12.1. The van der Waals surface area contributed by atoms with Gasteiger partial charge in [-0.25, -0.2) is 4.98 Å². The normalized spacial score (nSPS) is 21.0. The van der Waals surface area contributed by atoms with Gasteiger partial charge in [-0.1, -0.05) is 5.16 Å². The third-order valence-electron chi connectivity index (χ3n) is 4.25. The molecule has 0 aromatic carbocycles. The van der Waals surface area contributed by atoms with Crippen LogP contribution in [0.15, 0.2) is 27.5 Å². The molecule has 112 valence electrons. The van der Waals surface area contributed by atoms with Gasteiger partial charge >= 0.3 is 0 Å². The second-order valence-electron chi connectivity index (χ2n) is 5.97. The van der Waals surface area contributed by atoms with Crippen molar-refractivity contribution in [2.24, 2.45) is 0 Å². The van der Waals surface area contributed by atoms with Gasteiger partial charge in [0.2, 0.25) is 5.89 Å². The highest BCUT2D eigenvalue weighted by Gasteiger charge is 2.28. The maximum atomic E-state index is 5.83. The van der Waals surface area contributed by atoms with Gasteiger partial charge in [-0.3, -0.25) is 9.80 Å². The highest BCUT2D eigenvalue weighted by Crippen LogP contribution is 2.40. The molecule has 6 heteroatoms. The lowest BCUT2D eigenvalue weighted by Gasteiger charge is -2.33. The summed E-state index contributed by atoms with van der Waals surface area (Å²) >= 11 is 0. The van der Waals surface area contributed by atoms with Crippen LogP contribution in [0.5, 0.6) is 0 Å². The number of oxazole rings is 1. The van der Waals surface area contributed by atoms with Gasteiger partial charge in [0, 0.05) is 44.7 Å². The highest BCUT2D eigenvalue weighted by atomic mass is 16.5. The largest absolute Gasteiger partial charge is 0.444 e. The van der Waals surface area contributed by atoms with Crippen LogP contribution in [0.25, 0.3) is 0 Å². The first kappa shape index (κ1) is 13.0. The van der Waals surface area contributed by atoms with Gasteiger partial charge in [-0.15, -0.1) is 0 Å². The first-order valence-electron chi connectivity index (χ1n) is 7.65. The van der Waals surface area contributed by atoms with Crippen LogP contribution < -0.4 is 0 Å². The zero-order chi connectivity index (χ0) is 14.1. The van der Waals surface area contributed by atoms with Crippen molar-refractivity contribution >= 4 is 0 Å². The fourth-order valence-corrected chi connectivity index (χ4v) is 2.80. The van der Waals surface area contributed by atoms with Crippen LogP contribution in [0.4, 0.5) is 0 Å². The zero-order valence-electron chi connectivity index (χ0n) is 12.1. The molecule has 0 atom stereocenters. The van der Waals surface area contributed by atoms with E-state index in [1.54, 1.807) is 6.26 Å². The van der Waals surface area contributed by atoms with E-state index in [1.165, 1.54) is 12.8 Å².